The van der Waals surface area contributed by atoms with E-state index in [0.29, 0.717) is 31.8 Å². The summed E-state index contributed by atoms with van der Waals surface area (Å²) in [7, 11) is 0. The van der Waals surface area contributed by atoms with Gasteiger partial charge in [-0.05, 0) is 20.3 Å². The maximum atomic E-state index is 11.5. The molecule has 0 bridgehead atoms. The molecule has 4 heteroatoms. The molecule has 15 heavy (non-hydrogen) atoms. The third-order valence-corrected chi connectivity index (χ3v) is 2.23. The minimum atomic E-state index is -0.630. The van der Waals surface area contributed by atoms with Crippen LogP contribution in [-0.4, -0.2) is 25.0 Å². The molecule has 1 aliphatic rings. The highest BCUT2D eigenvalue weighted by Gasteiger charge is 2.30. The average Bonchev–Trinajstić information content (AvgIpc) is 2.18. The lowest BCUT2D eigenvalue weighted by Gasteiger charge is -2.19. The second kappa shape index (κ2) is 5.53. The summed E-state index contributed by atoms with van der Waals surface area (Å²) >= 11 is 0. The molecule has 84 valence electrons. The number of ether oxygens (including phenoxy) is 2. The number of carbonyl (C=O) groups excluding carboxylic acids is 2. The van der Waals surface area contributed by atoms with Crippen LogP contribution in [0.15, 0.2) is 11.8 Å². The highest BCUT2D eigenvalue weighted by Crippen LogP contribution is 2.22. The van der Waals surface area contributed by atoms with Crippen LogP contribution in [0.3, 0.4) is 0 Å². The van der Waals surface area contributed by atoms with Crippen molar-refractivity contribution in [3.8, 4) is 0 Å². The van der Waals surface area contributed by atoms with Crippen molar-refractivity contribution in [3.63, 3.8) is 0 Å². The van der Waals surface area contributed by atoms with Crippen molar-refractivity contribution < 1.29 is 19.1 Å². The highest BCUT2D eigenvalue weighted by molar-refractivity contribution is 6.05. The molecule has 0 saturated carbocycles. The third kappa shape index (κ3) is 3.08. The first-order chi connectivity index (χ1) is 7.19. The summed E-state index contributed by atoms with van der Waals surface area (Å²) in [6, 6.07) is 0. The number of hydrogen-bond donors (Lipinski definition) is 0. The first kappa shape index (κ1) is 11.8. The fraction of sp³-hybridized carbons (Fsp3) is 0.636. The number of rotatable bonds is 4. The molecule has 0 aliphatic heterocycles. The normalized spacial score (nSPS) is 20.8. The van der Waals surface area contributed by atoms with E-state index in [1.165, 1.54) is 6.08 Å². The molecule has 1 atom stereocenters. The van der Waals surface area contributed by atoms with E-state index in [4.69, 9.17) is 9.47 Å². The molecule has 1 aliphatic carbocycles. The zero-order chi connectivity index (χ0) is 11.3. The SMILES string of the molecule is CCOC(=O)[C@@H]1CCC(OCC)=CC1=O. The Bertz CT molecular complexity index is 280. The van der Waals surface area contributed by atoms with Gasteiger partial charge in [0.2, 0.25) is 0 Å². The van der Waals surface area contributed by atoms with Crippen LogP contribution in [0.2, 0.25) is 0 Å². The predicted octanol–water partition coefficient (Wildman–Crippen LogP) is 1.45. The van der Waals surface area contributed by atoms with Gasteiger partial charge < -0.3 is 9.47 Å². The van der Waals surface area contributed by atoms with Crippen molar-refractivity contribution in [3.05, 3.63) is 11.8 Å². The molecule has 0 aromatic heterocycles. The second-order valence-electron chi connectivity index (χ2n) is 3.29. The van der Waals surface area contributed by atoms with Crippen LogP contribution in [-0.2, 0) is 19.1 Å². The maximum absolute atomic E-state index is 11.5. The smallest absolute Gasteiger partial charge is 0.316 e. The van der Waals surface area contributed by atoms with Gasteiger partial charge in [0.25, 0.3) is 0 Å². The van der Waals surface area contributed by atoms with E-state index in [9.17, 15) is 9.59 Å². The number of allylic oxidation sites excluding steroid dienone is 2. The van der Waals surface area contributed by atoms with Gasteiger partial charge in [-0.25, -0.2) is 0 Å². The van der Waals surface area contributed by atoms with Crippen LogP contribution < -0.4 is 0 Å². The quantitative estimate of drug-likeness (QED) is 0.522. The fourth-order valence-electron chi connectivity index (χ4n) is 1.54. The molecule has 1 rings (SSSR count). The van der Waals surface area contributed by atoms with Crippen LogP contribution in [0.4, 0.5) is 0 Å². The van der Waals surface area contributed by atoms with Gasteiger partial charge in [-0.2, -0.15) is 0 Å². The summed E-state index contributed by atoms with van der Waals surface area (Å²) in [6.45, 7) is 4.45. The molecule has 0 unspecified atom stereocenters. The molecule has 0 amide bonds. The predicted molar refractivity (Wildman–Crippen MR) is 54.1 cm³/mol. The molecule has 4 nitrogen and oxygen atoms in total. The summed E-state index contributed by atoms with van der Waals surface area (Å²) in [6.07, 6.45) is 2.53. The second-order valence-corrected chi connectivity index (χ2v) is 3.29. The van der Waals surface area contributed by atoms with Gasteiger partial charge in [0.1, 0.15) is 5.92 Å². The maximum Gasteiger partial charge on any atom is 0.316 e. The highest BCUT2D eigenvalue weighted by atomic mass is 16.5. The van der Waals surface area contributed by atoms with Gasteiger partial charge in [-0.1, -0.05) is 0 Å². The summed E-state index contributed by atoms with van der Waals surface area (Å²) < 4.78 is 10.0. The number of ketones is 1. The zero-order valence-electron chi connectivity index (χ0n) is 9.12. The first-order valence-electron chi connectivity index (χ1n) is 5.22. The van der Waals surface area contributed by atoms with Crippen molar-refractivity contribution in [1.82, 2.24) is 0 Å². The van der Waals surface area contributed by atoms with Crippen molar-refractivity contribution >= 4 is 11.8 Å². The Morgan fingerprint density at radius 3 is 2.73 bits per heavy atom. The largest absolute Gasteiger partial charge is 0.498 e. The minimum Gasteiger partial charge on any atom is -0.498 e. The molecular weight excluding hydrogens is 196 g/mol. The van der Waals surface area contributed by atoms with E-state index in [0.717, 1.165) is 0 Å². The molecule has 0 aromatic rings. The Hall–Kier alpha value is -1.32. The third-order valence-electron chi connectivity index (χ3n) is 2.23. The van der Waals surface area contributed by atoms with Gasteiger partial charge in [-0.15, -0.1) is 0 Å². The zero-order valence-corrected chi connectivity index (χ0v) is 9.12. The Labute approximate surface area is 89.2 Å². The Kier molecular flexibility index (Phi) is 4.34. The van der Waals surface area contributed by atoms with E-state index in [1.54, 1.807) is 6.92 Å². The number of esters is 1. The average molecular weight is 212 g/mol. The molecule has 0 spiro atoms. The van der Waals surface area contributed by atoms with E-state index < -0.39 is 11.9 Å². The fourth-order valence-corrected chi connectivity index (χ4v) is 1.54. The molecule has 0 aromatic carbocycles. The topological polar surface area (TPSA) is 52.6 Å². The van der Waals surface area contributed by atoms with Crippen LogP contribution in [0, 0.1) is 5.92 Å². The standard InChI is InChI=1S/C11H16O4/c1-3-14-8-5-6-9(10(12)7-8)11(13)15-4-2/h7,9H,3-6H2,1-2H3/t9-/m1/s1. The molecule has 0 N–H and O–H groups in total. The summed E-state index contributed by atoms with van der Waals surface area (Å²) in [5.41, 5.74) is 0. The Morgan fingerprint density at radius 1 is 1.47 bits per heavy atom. The van der Waals surface area contributed by atoms with Crippen molar-refractivity contribution in [2.45, 2.75) is 26.7 Å². The van der Waals surface area contributed by atoms with Crippen molar-refractivity contribution in [2.24, 2.45) is 5.92 Å². The lowest BCUT2D eigenvalue weighted by molar-refractivity contribution is -0.151. The monoisotopic (exact) mass is 212 g/mol. The van der Waals surface area contributed by atoms with Crippen LogP contribution in [0.1, 0.15) is 26.7 Å². The molecule has 0 radical (unpaired) electrons. The van der Waals surface area contributed by atoms with E-state index in [1.807, 2.05) is 6.92 Å². The van der Waals surface area contributed by atoms with Gasteiger partial charge >= 0.3 is 5.97 Å². The number of hydrogen-bond acceptors (Lipinski definition) is 4. The lowest BCUT2D eigenvalue weighted by Crippen LogP contribution is -2.28. The summed E-state index contributed by atoms with van der Waals surface area (Å²) in [5, 5.41) is 0. The van der Waals surface area contributed by atoms with Crippen LogP contribution in [0.25, 0.3) is 0 Å². The molecule has 0 saturated heterocycles. The van der Waals surface area contributed by atoms with Crippen molar-refractivity contribution in [1.29, 1.82) is 0 Å². The first-order valence-corrected chi connectivity index (χ1v) is 5.22. The summed E-state index contributed by atoms with van der Waals surface area (Å²) in [4.78, 5) is 22.9. The molecule has 0 heterocycles. The lowest BCUT2D eigenvalue weighted by atomic mass is 9.92. The van der Waals surface area contributed by atoms with E-state index in [2.05, 4.69) is 0 Å². The van der Waals surface area contributed by atoms with E-state index >= 15 is 0 Å². The molecular formula is C11H16O4. The van der Waals surface area contributed by atoms with Crippen LogP contribution >= 0.6 is 0 Å². The van der Waals surface area contributed by atoms with Crippen molar-refractivity contribution in [2.75, 3.05) is 13.2 Å². The molecule has 0 fully saturated rings. The minimum absolute atomic E-state index is 0.205. The van der Waals surface area contributed by atoms with Gasteiger partial charge in [0, 0.05) is 12.5 Å². The summed E-state index contributed by atoms with van der Waals surface area (Å²) in [5.74, 6) is -0.588. The van der Waals surface area contributed by atoms with Gasteiger partial charge in [-0.3, -0.25) is 9.59 Å². The van der Waals surface area contributed by atoms with Crippen LogP contribution in [0.5, 0.6) is 0 Å². The van der Waals surface area contributed by atoms with Gasteiger partial charge in [0.05, 0.1) is 19.0 Å². The van der Waals surface area contributed by atoms with E-state index in [-0.39, 0.29) is 5.78 Å². The Balaban J connectivity index is 2.60. The van der Waals surface area contributed by atoms with Gasteiger partial charge in [0.15, 0.2) is 5.78 Å². The Morgan fingerprint density at radius 2 is 2.20 bits per heavy atom. The number of carbonyl (C=O) groups is 2.